The first-order valence-corrected chi connectivity index (χ1v) is 14.0. The Hall–Kier alpha value is -3.69. The molecule has 1 heterocycles. The zero-order valence-corrected chi connectivity index (χ0v) is 24.2. The summed E-state index contributed by atoms with van der Waals surface area (Å²) in [6.45, 7) is 9.06. The fourth-order valence-corrected chi connectivity index (χ4v) is 4.98. The number of hydrogen-bond acceptors (Lipinski definition) is 5. The van der Waals surface area contributed by atoms with Gasteiger partial charge < -0.3 is 21.1 Å². The van der Waals surface area contributed by atoms with Crippen molar-refractivity contribution in [2.45, 2.75) is 64.5 Å². The summed E-state index contributed by atoms with van der Waals surface area (Å²) in [5.74, 6) is -3.48. The van der Waals surface area contributed by atoms with Gasteiger partial charge in [0.1, 0.15) is 11.6 Å². The highest BCUT2D eigenvalue weighted by Crippen LogP contribution is 2.29. The first kappa shape index (κ1) is 31.8. The van der Waals surface area contributed by atoms with Crippen LogP contribution in [0.2, 0.25) is 0 Å². The fourth-order valence-electron chi connectivity index (χ4n) is 4.98. The molecule has 0 aliphatic carbocycles. The van der Waals surface area contributed by atoms with E-state index in [1.807, 2.05) is 58.0 Å². The molecular weight excluding hydrogens is 526 g/mol. The normalized spacial score (nSPS) is 13.0. The summed E-state index contributed by atoms with van der Waals surface area (Å²) in [6.07, 6.45) is 1.75. The molecule has 4 N–H and O–H groups in total. The molecule has 2 amide bonds. The largest absolute Gasteiger partial charge is 0.391 e. The maximum absolute atomic E-state index is 14.1. The number of pyridine rings is 1. The monoisotopic (exact) mass is 566 g/mol. The summed E-state index contributed by atoms with van der Waals surface area (Å²) in [5, 5.41) is 14.8. The highest BCUT2D eigenvalue weighted by molar-refractivity contribution is 5.99. The van der Waals surface area contributed by atoms with Crippen LogP contribution in [0.25, 0.3) is 0 Å². The molecular formula is C32H40F2N4O3. The second-order valence-electron chi connectivity index (χ2n) is 10.8. The molecule has 9 heteroatoms. The number of nitrogens with one attached hydrogen (secondary N) is 1. The van der Waals surface area contributed by atoms with E-state index >= 15 is 0 Å². The topological polar surface area (TPSA) is 109 Å². The van der Waals surface area contributed by atoms with Gasteiger partial charge in [0, 0.05) is 43.4 Å². The molecule has 3 aromatic rings. The lowest BCUT2D eigenvalue weighted by Gasteiger charge is -2.31. The third kappa shape index (κ3) is 8.41. The van der Waals surface area contributed by atoms with E-state index in [1.54, 1.807) is 4.90 Å². The van der Waals surface area contributed by atoms with Crippen LogP contribution in [0.5, 0.6) is 0 Å². The molecule has 2 aromatic carbocycles. The van der Waals surface area contributed by atoms with Gasteiger partial charge in [0.25, 0.3) is 11.8 Å². The van der Waals surface area contributed by atoms with Gasteiger partial charge in [0.05, 0.1) is 22.9 Å². The van der Waals surface area contributed by atoms with E-state index in [-0.39, 0.29) is 41.3 Å². The van der Waals surface area contributed by atoms with Crippen molar-refractivity contribution in [1.29, 1.82) is 0 Å². The van der Waals surface area contributed by atoms with Crippen LogP contribution in [-0.2, 0) is 12.0 Å². The fraction of sp³-hybridized carbons (Fsp3) is 0.406. The van der Waals surface area contributed by atoms with E-state index in [0.717, 1.165) is 24.5 Å². The number of rotatable bonds is 14. The Kier molecular flexibility index (Phi) is 11.1. The lowest BCUT2D eigenvalue weighted by Crippen LogP contribution is -2.43. The molecule has 0 spiro atoms. The van der Waals surface area contributed by atoms with Crippen molar-refractivity contribution in [3.8, 4) is 0 Å². The number of aromatic nitrogens is 1. The Labute approximate surface area is 240 Å². The Balaban J connectivity index is 2.01. The summed E-state index contributed by atoms with van der Waals surface area (Å²) in [5.41, 5.74) is 6.86. The van der Waals surface area contributed by atoms with Gasteiger partial charge in [-0.05, 0) is 62.4 Å². The van der Waals surface area contributed by atoms with E-state index < -0.39 is 35.1 Å². The molecule has 41 heavy (non-hydrogen) atoms. The lowest BCUT2D eigenvalue weighted by atomic mass is 9.86. The molecule has 7 nitrogen and oxygen atoms in total. The van der Waals surface area contributed by atoms with Crippen molar-refractivity contribution in [2.24, 2.45) is 5.73 Å². The van der Waals surface area contributed by atoms with Gasteiger partial charge >= 0.3 is 0 Å². The van der Waals surface area contributed by atoms with Gasteiger partial charge in [-0.15, -0.1) is 0 Å². The van der Waals surface area contributed by atoms with Crippen molar-refractivity contribution in [2.75, 3.05) is 19.6 Å². The van der Waals surface area contributed by atoms with Gasteiger partial charge in [-0.25, -0.2) is 8.78 Å². The maximum Gasteiger partial charge on any atom is 0.255 e. The summed E-state index contributed by atoms with van der Waals surface area (Å²) < 4.78 is 28.2. The van der Waals surface area contributed by atoms with Crippen LogP contribution in [0.4, 0.5) is 8.78 Å². The van der Waals surface area contributed by atoms with Crippen molar-refractivity contribution in [3.63, 3.8) is 0 Å². The second-order valence-corrected chi connectivity index (χ2v) is 10.8. The van der Waals surface area contributed by atoms with Gasteiger partial charge in [0.2, 0.25) is 0 Å². The molecule has 0 fully saturated rings. The number of nitrogens with zero attached hydrogens (tertiary/aromatic N) is 2. The molecule has 220 valence electrons. The molecule has 3 rings (SSSR count). The Morgan fingerprint density at radius 3 is 2.20 bits per heavy atom. The van der Waals surface area contributed by atoms with Crippen molar-refractivity contribution < 1.29 is 23.5 Å². The Morgan fingerprint density at radius 2 is 1.63 bits per heavy atom. The molecule has 0 aliphatic rings. The zero-order valence-electron chi connectivity index (χ0n) is 24.2. The summed E-state index contributed by atoms with van der Waals surface area (Å²) >= 11 is 0. The van der Waals surface area contributed by atoms with Crippen LogP contribution in [0.3, 0.4) is 0 Å². The second kappa shape index (κ2) is 14.3. The van der Waals surface area contributed by atoms with Gasteiger partial charge in [-0.3, -0.25) is 14.6 Å². The minimum Gasteiger partial charge on any atom is -0.391 e. The van der Waals surface area contributed by atoms with Crippen LogP contribution in [-0.4, -0.2) is 52.5 Å². The standard InChI is InChI=1S/C32H40F2N4O3/c1-5-12-38(13-6-2)31(41)22-17-27(30(35)40)29(36-19-22)26(16-21-14-24(33)18-25(34)15-21)28(39)20-37-32(3,4)23-10-8-7-9-11-23/h7-11,14-15,17-19,26,28,37,39H,5-6,12-13,16,20H2,1-4H3,(H2,35,40)/t26-,28+/m1/s1. The lowest BCUT2D eigenvalue weighted by molar-refractivity contribution is 0.0755. The van der Waals surface area contributed by atoms with E-state index in [2.05, 4.69) is 10.3 Å². The van der Waals surface area contributed by atoms with E-state index in [9.17, 15) is 23.5 Å². The number of carbonyl (C=O) groups excluding carboxylic acids is 2. The third-order valence-electron chi connectivity index (χ3n) is 7.15. The SMILES string of the molecule is CCCN(CCC)C(=O)c1cnc([C@H](Cc2cc(F)cc(F)c2)[C@@H](O)CNC(C)(C)c2ccccc2)c(C(N)=O)c1. The number of hydrogen-bond donors (Lipinski definition) is 3. The van der Waals surface area contributed by atoms with Gasteiger partial charge in [-0.1, -0.05) is 44.2 Å². The number of nitrogens with two attached hydrogens (primary N) is 1. The highest BCUT2D eigenvalue weighted by atomic mass is 19.1. The first-order valence-electron chi connectivity index (χ1n) is 14.0. The highest BCUT2D eigenvalue weighted by Gasteiger charge is 2.31. The smallest absolute Gasteiger partial charge is 0.255 e. The summed E-state index contributed by atoms with van der Waals surface area (Å²) in [7, 11) is 0. The average Bonchev–Trinajstić information content (AvgIpc) is 2.94. The van der Waals surface area contributed by atoms with Gasteiger partial charge in [0.15, 0.2) is 0 Å². The first-order chi connectivity index (χ1) is 19.5. The van der Waals surface area contributed by atoms with E-state index in [1.165, 1.54) is 24.4 Å². The van der Waals surface area contributed by atoms with Crippen LogP contribution >= 0.6 is 0 Å². The number of aliphatic hydroxyl groups is 1. The number of aliphatic hydroxyl groups excluding tert-OH is 1. The van der Waals surface area contributed by atoms with Crippen molar-refractivity contribution >= 4 is 11.8 Å². The molecule has 0 saturated carbocycles. The average molecular weight is 567 g/mol. The number of primary amides is 1. The predicted molar refractivity (Wildman–Crippen MR) is 156 cm³/mol. The minimum absolute atomic E-state index is 0.0213. The summed E-state index contributed by atoms with van der Waals surface area (Å²) in [4.78, 5) is 32.0. The molecule has 0 radical (unpaired) electrons. The Morgan fingerprint density at radius 1 is 1.02 bits per heavy atom. The summed E-state index contributed by atoms with van der Waals surface area (Å²) in [6, 6.07) is 14.2. The predicted octanol–water partition coefficient (Wildman–Crippen LogP) is 4.93. The number of benzene rings is 2. The van der Waals surface area contributed by atoms with E-state index in [4.69, 9.17) is 5.73 Å². The Bertz CT molecular complexity index is 1310. The molecule has 0 saturated heterocycles. The number of carbonyl (C=O) groups is 2. The molecule has 2 atom stereocenters. The van der Waals surface area contributed by atoms with Gasteiger partial charge in [-0.2, -0.15) is 0 Å². The molecule has 0 bridgehead atoms. The van der Waals surface area contributed by atoms with Crippen LogP contribution < -0.4 is 11.1 Å². The van der Waals surface area contributed by atoms with Crippen molar-refractivity contribution in [3.05, 3.63) is 100 Å². The van der Waals surface area contributed by atoms with Crippen molar-refractivity contribution in [1.82, 2.24) is 15.2 Å². The molecule has 1 aromatic heterocycles. The minimum atomic E-state index is -1.13. The number of amides is 2. The number of halogens is 2. The van der Waals surface area contributed by atoms with Crippen LogP contribution in [0, 0.1) is 11.6 Å². The van der Waals surface area contributed by atoms with E-state index in [0.29, 0.717) is 13.1 Å². The van der Waals surface area contributed by atoms with Crippen LogP contribution in [0.1, 0.15) is 84.0 Å². The van der Waals surface area contributed by atoms with Crippen LogP contribution in [0.15, 0.2) is 60.8 Å². The molecule has 0 aliphatic heterocycles. The third-order valence-corrected chi connectivity index (χ3v) is 7.15. The molecule has 0 unspecified atom stereocenters. The maximum atomic E-state index is 14.1. The quantitative estimate of drug-likeness (QED) is 0.256. The zero-order chi connectivity index (χ0) is 30.2.